The van der Waals surface area contributed by atoms with Crippen molar-refractivity contribution in [3.63, 3.8) is 0 Å². The highest BCUT2D eigenvalue weighted by atomic mass is 19.1. The molecule has 100 valence electrons. The highest BCUT2D eigenvalue weighted by Gasteiger charge is 2.23. The number of nitrogens with one attached hydrogen (secondary N) is 1. The summed E-state index contributed by atoms with van der Waals surface area (Å²) in [7, 11) is 0. The van der Waals surface area contributed by atoms with Crippen LogP contribution in [0, 0.1) is 11.7 Å². The predicted molar refractivity (Wildman–Crippen MR) is 74.1 cm³/mol. The Morgan fingerprint density at radius 2 is 2.11 bits per heavy atom. The molecule has 1 aliphatic carbocycles. The van der Waals surface area contributed by atoms with E-state index in [1.54, 1.807) is 6.07 Å². The Morgan fingerprint density at radius 3 is 2.78 bits per heavy atom. The van der Waals surface area contributed by atoms with E-state index in [1.807, 2.05) is 12.1 Å². The van der Waals surface area contributed by atoms with Crippen LogP contribution < -0.4 is 5.32 Å². The summed E-state index contributed by atoms with van der Waals surface area (Å²) < 4.78 is 13.1. The molecular formula is C16H24FN. The molecule has 18 heavy (non-hydrogen) atoms. The van der Waals surface area contributed by atoms with Crippen LogP contribution >= 0.6 is 0 Å². The van der Waals surface area contributed by atoms with E-state index in [0.29, 0.717) is 6.04 Å². The fourth-order valence-corrected chi connectivity index (χ4v) is 3.14. The molecule has 2 rings (SSSR count). The number of benzene rings is 1. The number of hydrogen-bond acceptors (Lipinski definition) is 1. The molecule has 0 radical (unpaired) electrons. The number of halogens is 1. The highest BCUT2D eigenvalue weighted by molar-refractivity contribution is 5.16. The molecule has 1 aromatic carbocycles. The van der Waals surface area contributed by atoms with Gasteiger partial charge in [-0.1, -0.05) is 31.9 Å². The van der Waals surface area contributed by atoms with Crippen molar-refractivity contribution in [1.29, 1.82) is 0 Å². The van der Waals surface area contributed by atoms with Gasteiger partial charge in [-0.2, -0.15) is 0 Å². The van der Waals surface area contributed by atoms with Crippen LogP contribution in [0.1, 0.15) is 44.6 Å². The van der Waals surface area contributed by atoms with Crippen LogP contribution in [0.4, 0.5) is 4.39 Å². The minimum Gasteiger partial charge on any atom is -0.314 e. The Kier molecular flexibility index (Phi) is 5.18. The second kappa shape index (κ2) is 6.89. The topological polar surface area (TPSA) is 12.0 Å². The Morgan fingerprint density at radius 1 is 1.33 bits per heavy atom. The van der Waals surface area contributed by atoms with Gasteiger partial charge in [0.2, 0.25) is 0 Å². The summed E-state index contributed by atoms with van der Waals surface area (Å²) in [5, 5.41) is 3.62. The molecule has 1 fully saturated rings. The van der Waals surface area contributed by atoms with E-state index in [2.05, 4.69) is 12.2 Å². The minimum atomic E-state index is -0.117. The van der Waals surface area contributed by atoms with E-state index in [-0.39, 0.29) is 5.82 Å². The lowest BCUT2D eigenvalue weighted by molar-refractivity contribution is 0.346. The average Bonchev–Trinajstić information content (AvgIpc) is 2.88. The van der Waals surface area contributed by atoms with Gasteiger partial charge in [0, 0.05) is 6.04 Å². The van der Waals surface area contributed by atoms with Crippen LogP contribution in [0.3, 0.4) is 0 Å². The van der Waals surface area contributed by atoms with Crippen LogP contribution in [0.25, 0.3) is 0 Å². The first kappa shape index (κ1) is 13.5. The molecule has 1 aliphatic rings. The van der Waals surface area contributed by atoms with Gasteiger partial charge in [-0.25, -0.2) is 4.39 Å². The predicted octanol–water partition coefficient (Wildman–Crippen LogP) is 3.93. The minimum absolute atomic E-state index is 0.117. The zero-order chi connectivity index (χ0) is 12.8. The van der Waals surface area contributed by atoms with Crippen molar-refractivity contribution in [3.05, 3.63) is 35.6 Å². The first-order chi connectivity index (χ1) is 8.79. The second-order valence-electron chi connectivity index (χ2n) is 5.38. The number of aryl methyl sites for hydroxylation is 1. The molecular weight excluding hydrogens is 225 g/mol. The first-order valence-electron chi connectivity index (χ1n) is 7.27. The van der Waals surface area contributed by atoms with E-state index in [0.717, 1.165) is 30.9 Å². The summed E-state index contributed by atoms with van der Waals surface area (Å²) in [4.78, 5) is 0. The number of rotatable bonds is 6. The van der Waals surface area contributed by atoms with E-state index in [9.17, 15) is 4.39 Å². The standard InChI is InChI=1S/C16H24FN/c1-2-18-16(14-7-3-4-8-14)11-10-13-6-5-9-15(17)12-13/h5-6,9,12,14,16,18H,2-4,7-8,10-11H2,1H3. The van der Waals surface area contributed by atoms with Gasteiger partial charge in [-0.05, 0) is 55.8 Å². The van der Waals surface area contributed by atoms with Gasteiger partial charge in [0.1, 0.15) is 5.82 Å². The van der Waals surface area contributed by atoms with E-state index in [4.69, 9.17) is 0 Å². The zero-order valence-corrected chi connectivity index (χ0v) is 11.3. The largest absolute Gasteiger partial charge is 0.314 e. The van der Waals surface area contributed by atoms with Crippen LogP contribution in [-0.4, -0.2) is 12.6 Å². The summed E-state index contributed by atoms with van der Waals surface area (Å²) in [6, 6.07) is 7.63. The summed E-state index contributed by atoms with van der Waals surface area (Å²) in [6.07, 6.45) is 7.59. The van der Waals surface area contributed by atoms with Crippen molar-refractivity contribution in [2.75, 3.05) is 6.54 Å². The first-order valence-corrected chi connectivity index (χ1v) is 7.27. The average molecular weight is 249 g/mol. The monoisotopic (exact) mass is 249 g/mol. The molecule has 1 aromatic rings. The maximum Gasteiger partial charge on any atom is 0.123 e. The third-order valence-electron chi connectivity index (χ3n) is 4.07. The molecule has 1 saturated carbocycles. The maximum atomic E-state index is 13.1. The Labute approximate surface area is 110 Å². The Hall–Kier alpha value is -0.890. The molecule has 0 saturated heterocycles. The van der Waals surface area contributed by atoms with Gasteiger partial charge in [0.25, 0.3) is 0 Å². The fourth-order valence-electron chi connectivity index (χ4n) is 3.14. The highest BCUT2D eigenvalue weighted by Crippen LogP contribution is 2.29. The van der Waals surface area contributed by atoms with Gasteiger partial charge >= 0.3 is 0 Å². The molecule has 0 bridgehead atoms. The third-order valence-corrected chi connectivity index (χ3v) is 4.07. The van der Waals surface area contributed by atoms with Crippen LogP contribution in [-0.2, 0) is 6.42 Å². The number of hydrogen-bond donors (Lipinski definition) is 1. The molecule has 0 heterocycles. The molecule has 1 N–H and O–H groups in total. The van der Waals surface area contributed by atoms with E-state index in [1.165, 1.54) is 31.7 Å². The maximum absolute atomic E-state index is 13.1. The second-order valence-corrected chi connectivity index (χ2v) is 5.38. The van der Waals surface area contributed by atoms with Crippen molar-refractivity contribution < 1.29 is 4.39 Å². The molecule has 0 aromatic heterocycles. The summed E-state index contributed by atoms with van der Waals surface area (Å²) >= 11 is 0. The van der Waals surface area contributed by atoms with Crippen LogP contribution in [0.15, 0.2) is 24.3 Å². The SMILES string of the molecule is CCNC(CCc1cccc(F)c1)C1CCCC1. The Balaban J connectivity index is 1.88. The van der Waals surface area contributed by atoms with Gasteiger partial charge in [0.15, 0.2) is 0 Å². The molecule has 0 amide bonds. The van der Waals surface area contributed by atoms with Gasteiger partial charge in [-0.15, -0.1) is 0 Å². The lowest BCUT2D eigenvalue weighted by Crippen LogP contribution is -2.35. The molecule has 0 aliphatic heterocycles. The molecule has 1 atom stereocenters. The quantitative estimate of drug-likeness (QED) is 0.805. The molecule has 1 unspecified atom stereocenters. The lowest BCUT2D eigenvalue weighted by atomic mass is 9.92. The van der Waals surface area contributed by atoms with Crippen molar-refractivity contribution in [3.8, 4) is 0 Å². The smallest absolute Gasteiger partial charge is 0.123 e. The van der Waals surface area contributed by atoms with Gasteiger partial charge in [-0.3, -0.25) is 0 Å². The summed E-state index contributed by atoms with van der Waals surface area (Å²) in [5.74, 6) is 0.715. The van der Waals surface area contributed by atoms with Crippen molar-refractivity contribution in [2.24, 2.45) is 5.92 Å². The van der Waals surface area contributed by atoms with Gasteiger partial charge in [0.05, 0.1) is 0 Å². The fraction of sp³-hybridized carbons (Fsp3) is 0.625. The normalized spacial score (nSPS) is 18.1. The summed E-state index contributed by atoms with van der Waals surface area (Å²) in [6.45, 7) is 3.20. The molecule has 1 nitrogen and oxygen atoms in total. The van der Waals surface area contributed by atoms with Gasteiger partial charge < -0.3 is 5.32 Å². The van der Waals surface area contributed by atoms with E-state index < -0.39 is 0 Å². The Bertz CT molecular complexity index is 358. The van der Waals surface area contributed by atoms with Crippen LogP contribution in [0.2, 0.25) is 0 Å². The third kappa shape index (κ3) is 3.81. The van der Waals surface area contributed by atoms with Crippen molar-refractivity contribution in [2.45, 2.75) is 51.5 Å². The van der Waals surface area contributed by atoms with E-state index >= 15 is 0 Å². The molecule has 0 spiro atoms. The molecule has 2 heteroatoms. The van der Waals surface area contributed by atoms with Crippen molar-refractivity contribution in [1.82, 2.24) is 5.32 Å². The zero-order valence-electron chi connectivity index (χ0n) is 11.3. The lowest BCUT2D eigenvalue weighted by Gasteiger charge is -2.24. The van der Waals surface area contributed by atoms with Crippen molar-refractivity contribution >= 4 is 0 Å². The summed E-state index contributed by atoms with van der Waals surface area (Å²) in [5.41, 5.74) is 1.12. The van der Waals surface area contributed by atoms with Crippen LogP contribution in [0.5, 0.6) is 0 Å².